The van der Waals surface area contributed by atoms with E-state index in [1.165, 1.54) is 30.5 Å². The van der Waals surface area contributed by atoms with Gasteiger partial charge >= 0.3 is 0 Å². The minimum Gasteiger partial charge on any atom is -0.484 e. The van der Waals surface area contributed by atoms with Gasteiger partial charge in [0.1, 0.15) is 11.6 Å². The molecule has 0 aliphatic heterocycles. The van der Waals surface area contributed by atoms with Gasteiger partial charge in [0.25, 0.3) is 5.91 Å². The number of hydrogen-bond donors (Lipinski definition) is 1. The van der Waals surface area contributed by atoms with Crippen LogP contribution >= 0.6 is 23.2 Å². The molecule has 7 heteroatoms. The lowest BCUT2D eigenvalue weighted by Crippen LogP contribution is -2.24. The summed E-state index contributed by atoms with van der Waals surface area (Å²) >= 11 is 11.9. The fourth-order valence-electron chi connectivity index (χ4n) is 1.51. The Kier molecular flexibility index (Phi) is 5.75. The lowest BCUT2D eigenvalue weighted by atomic mass is 10.2. The van der Waals surface area contributed by atoms with Crippen molar-refractivity contribution in [2.24, 2.45) is 5.10 Å². The zero-order valence-corrected chi connectivity index (χ0v) is 12.7. The molecule has 2 aromatic rings. The first-order valence-electron chi connectivity index (χ1n) is 6.20. The van der Waals surface area contributed by atoms with Crippen molar-refractivity contribution in [2.75, 3.05) is 6.61 Å². The highest BCUT2D eigenvalue weighted by molar-refractivity contribution is 6.38. The highest BCUT2D eigenvalue weighted by Crippen LogP contribution is 2.21. The van der Waals surface area contributed by atoms with Gasteiger partial charge in [-0.05, 0) is 36.4 Å². The molecule has 0 saturated carbocycles. The Morgan fingerprint density at radius 2 is 1.82 bits per heavy atom. The van der Waals surface area contributed by atoms with Crippen molar-refractivity contribution < 1.29 is 13.9 Å². The van der Waals surface area contributed by atoms with Crippen LogP contribution in [0, 0.1) is 5.82 Å². The first kappa shape index (κ1) is 16.3. The summed E-state index contributed by atoms with van der Waals surface area (Å²) in [5, 5.41) is 4.60. The van der Waals surface area contributed by atoms with E-state index in [0.717, 1.165) is 0 Å². The van der Waals surface area contributed by atoms with E-state index in [-0.39, 0.29) is 12.4 Å². The topological polar surface area (TPSA) is 50.7 Å². The van der Waals surface area contributed by atoms with Gasteiger partial charge in [-0.15, -0.1) is 0 Å². The Balaban J connectivity index is 1.85. The number of hydrazone groups is 1. The molecule has 0 heterocycles. The number of nitrogens with zero attached hydrogens (tertiary/aromatic N) is 1. The molecule has 114 valence electrons. The van der Waals surface area contributed by atoms with Gasteiger partial charge in [0, 0.05) is 5.56 Å². The van der Waals surface area contributed by atoms with Crippen molar-refractivity contribution in [2.45, 2.75) is 0 Å². The number of carbonyl (C=O) groups is 1. The third kappa shape index (κ3) is 4.72. The van der Waals surface area contributed by atoms with Crippen LogP contribution in [0.15, 0.2) is 47.6 Å². The molecular formula is C15H11Cl2FN2O2. The second kappa shape index (κ2) is 7.77. The number of ether oxygens (including phenoxy) is 1. The summed E-state index contributed by atoms with van der Waals surface area (Å²) in [5.74, 6) is -0.462. The van der Waals surface area contributed by atoms with Crippen LogP contribution in [0.4, 0.5) is 4.39 Å². The van der Waals surface area contributed by atoms with Gasteiger partial charge in [-0.25, -0.2) is 9.82 Å². The van der Waals surface area contributed by atoms with E-state index in [4.69, 9.17) is 27.9 Å². The fourth-order valence-corrected chi connectivity index (χ4v) is 2.01. The predicted octanol–water partition coefficient (Wildman–Crippen LogP) is 3.66. The third-order valence-electron chi connectivity index (χ3n) is 2.57. The van der Waals surface area contributed by atoms with Gasteiger partial charge in [-0.3, -0.25) is 4.79 Å². The molecule has 0 aliphatic rings. The number of benzene rings is 2. The molecule has 0 radical (unpaired) electrons. The van der Waals surface area contributed by atoms with E-state index in [1.54, 1.807) is 18.2 Å². The summed E-state index contributed by atoms with van der Waals surface area (Å²) in [6.07, 6.45) is 1.35. The molecule has 0 spiro atoms. The van der Waals surface area contributed by atoms with Crippen LogP contribution in [-0.4, -0.2) is 18.7 Å². The molecule has 1 N–H and O–H groups in total. The first-order chi connectivity index (χ1) is 10.6. The van der Waals surface area contributed by atoms with Crippen molar-refractivity contribution >= 4 is 35.3 Å². The molecule has 2 aromatic carbocycles. The summed E-state index contributed by atoms with van der Waals surface area (Å²) in [6, 6.07) is 10.4. The average Bonchev–Trinajstić information content (AvgIpc) is 2.50. The van der Waals surface area contributed by atoms with Crippen LogP contribution in [0.25, 0.3) is 0 Å². The highest BCUT2D eigenvalue weighted by atomic mass is 35.5. The maximum absolute atomic E-state index is 12.7. The number of carbonyl (C=O) groups excluding carboxylic acids is 1. The molecule has 2 rings (SSSR count). The van der Waals surface area contributed by atoms with Gasteiger partial charge in [0.15, 0.2) is 6.61 Å². The van der Waals surface area contributed by atoms with E-state index >= 15 is 0 Å². The molecule has 0 saturated heterocycles. The van der Waals surface area contributed by atoms with Crippen LogP contribution in [-0.2, 0) is 4.79 Å². The Hall–Kier alpha value is -2.11. The molecule has 0 aliphatic carbocycles. The maximum Gasteiger partial charge on any atom is 0.277 e. The molecule has 0 fully saturated rings. The van der Waals surface area contributed by atoms with E-state index in [1.807, 2.05) is 0 Å². The molecule has 1 amide bonds. The molecule has 0 atom stereocenters. The van der Waals surface area contributed by atoms with Crippen molar-refractivity contribution in [1.82, 2.24) is 5.43 Å². The summed E-state index contributed by atoms with van der Waals surface area (Å²) in [4.78, 5) is 11.6. The van der Waals surface area contributed by atoms with Crippen molar-refractivity contribution in [3.63, 3.8) is 0 Å². The predicted molar refractivity (Wildman–Crippen MR) is 84.1 cm³/mol. The normalized spacial score (nSPS) is 10.7. The second-order valence-corrected chi connectivity index (χ2v) is 4.99. The number of amides is 1. The highest BCUT2D eigenvalue weighted by Gasteiger charge is 2.04. The molecule has 0 aromatic heterocycles. The Morgan fingerprint density at radius 1 is 1.18 bits per heavy atom. The smallest absolute Gasteiger partial charge is 0.277 e. The average molecular weight is 341 g/mol. The second-order valence-electron chi connectivity index (χ2n) is 4.17. The Labute approximate surface area is 136 Å². The zero-order chi connectivity index (χ0) is 15.9. The van der Waals surface area contributed by atoms with Gasteiger partial charge < -0.3 is 4.74 Å². The first-order valence-corrected chi connectivity index (χ1v) is 6.96. The van der Waals surface area contributed by atoms with Gasteiger partial charge in [-0.2, -0.15) is 5.10 Å². The number of hydrogen-bond acceptors (Lipinski definition) is 3. The standard InChI is InChI=1S/C15H11Cl2FN2O2/c16-13-2-1-3-14(17)12(13)8-19-20-15(21)9-22-11-6-4-10(18)5-7-11/h1-8H,9H2,(H,20,21)/b19-8-. The molecular weight excluding hydrogens is 330 g/mol. The maximum atomic E-state index is 12.7. The van der Waals surface area contributed by atoms with Gasteiger partial charge in [0.05, 0.1) is 16.3 Å². The van der Waals surface area contributed by atoms with E-state index < -0.39 is 5.91 Å². The van der Waals surface area contributed by atoms with Crippen LogP contribution in [0.3, 0.4) is 0 Å². The molecule has 0 unspecified atom stereocenters. The molecule has 0 bridgehead atoms. The Morgan fingerprint density at radius 3 is 2.45 bits per heavy atom. The van der Waals surface area contributed by atoms with Crippen molar-refractivity contribution in [1.29, 1.82) is 0 Å². The molecule has 4 nitrogen and oxygen atoms in total. The lowest BCUT2D eigenvalue weighted by Gasteiger charge is -2.05. The third-order valence-corrected chi connectivity index (χ3v) is 3.23. The number of nitrogens with one attached hydrogen (secondary N) is 1. The van der Waals surface area contributed by atoms with Gasteiger partial charge in [-0.1, -0.05) is 29.3 Å². The number of halogens is 3. The monoisotopic (exact) mass is 340 g/mol. The van der Waals surface area contributed by atoms with Crippen LogP contribution in [0.5, 0.6) is 5.75 Å². The zero-order valence-electron chi connectivity index (χ0n) is 11.2. The molecule has 22 heavy (non-hydrogen) atoms. The summed E-state index contributed by atoms with van der Waals surface area (Å²) in [5.41, 5.74) is 2.79. The number of rotatable bonds is 5. The lowest BCUT2D eigenvalue weighted by molar-refractivity contribution is -0.123. The summed E-state index contributed by atoms with van der Waals surface area (Å²) < 4.78 is 17.9. The van der Waals surface area contributed by atoms with E-state index in [0.29, 0.717) is 21.4 Å². The quantitative estimate of drug-likeness (QED) is 0.667. The largest absolute Gasteiger partial charge is 0.484 e. The van der Waals surface area contributed by atoms with Crippen LogP contribution in [0.2, 0.25) is 10.0 Å². The Bertz CT molecular complexity index is 670. The van der Waals surface area contributed by atoms with E-state index in [2.05, 4.69) is 10.5 Å². The minimum absolute atomic E-state index is 0.251. The van der Waals surface area contributed by atoms with Crippen LogP contribution in [0.1, 0.15) is 5.56 Å². The summed E-state index contributed by atoms with van der Waals surface area (Å²) in [6.45, 7) is -0.251. The van der Waals surface area contributed by atoms with Crippen LogP contribution < -0.4 is 10.2 Å². The van der Waals surface area contributed by atoms with Gasteiger partial charge in [0.2, 0.25) is 0 Å². The van der Waals surface area contributed by atoms with E-state index in [9.17, 15) is 9.18 Å². The minimum atomic E-state index is -0.469. The SMILES string of the molecule is O=C(COc1ccc(F)cc1)N/N=C\c1c(Cl)cccc1Cl. The summed E-state index contributed by atoms with van der Waals surface area (Å²) in [7, 11) is 0. The van der Waals surface area contributed by atoms with Crippen molar-refractivity contribution in [3.05, 3.63) is 63.9 Å². The fraction of sp³-hybridized carbons (Fsp3) is 0.0667. The van der Waals surface area contributed by atoms with Crippen molar-refractivity contribution in [3.8, 4) is 5.75 Å².